The van der Waals surface area contributed by atoms with Crippen LogP contribution in [-0.4, -0.2) is 22.2 Å². The van der Waals surface area contributed by atoms with Crippen molar-refractivity contribution in [2.45, 2.75) is 25.6 Å². The van der Waals surface area contributed by atoms with Gasteiger partial charge in [-0.25, -0.2) is 15.4 Å². The monoisotopic (exact) mass is 306 g/mol. The Labute approximate surface area is 95.8 Å². The molecule has 2 rings (SSSR count). The number of nitrogens with one attached hydrogen (secondary N) is 2. The summed E-state index contributed by atoms with van der Waals surface area (Å²) in [5.41, 5.74) is 6.13. The maximum Gasteiger partial charge on any atom is 0.231 e. The van der Waals surface area contributed by atoms with E-state index in [1.807, 2.05) is 0 Å². The zero-order valence-electron chi connectivity index (χ0n) is 7.70. The molecule has 2 N–H and O–H groups in total. The molecular weight excluding hydrogens is 295 g/mol. The maximum atomic E-state index is 5.64. The molecule has 1 aliphatic heterocycles. The van der Waals surface area contributed by atoms with Crippen molar-refractivity contribution < 1.29 is 4.74 Å². The second kappa shape index (κ2) is 4.37. The van der Waals surface area contributed by atoms with E-state index in [4.69, 9.17) is 4.74 Å². The summed E-state index contributed by atoms with van der Waals surface area (Å²) in [6.45, 7) is 2.10. The minimum Gasteiger partial charge on any atom is -0.456 e. The Morgan fingerprint density at radius 2 is 2.43 bits per heavy atom. The highest BCUT2D eigenvalue weighted by molar-refractivity contribution is 14.1. The number of hydrazine groups is 1. The normalized spacial score (nSPS) is 26.4. The molecule has 0 aliphatic carbocycles. The molecule has 1 aromatic heterocycles. The number of halogens is 1. The largest absolute Gasteiger partial charge is 0.456 e. The van der Waals surface area contributed by atoms with Crippen molar-refractivity contribution in [1.29, 1.82) is 0 Å². The molecule has 2 unspecified atom stereocenters. The minimum absolute atomic E-state index is 0.00610. The second-order valence-corrected chi connectivity index (χ2v) is 4.37. The van der Waals surface area contributed by atoms with Crippen molar-refractivity contribution in [3.63, 3.8) is 0 Å². The molecule has 1 aromatic rings. The quantitative estimate of drug-likeness (QED) is 0.787. The van der Waals surface area contributed by atoms with Crippen LogP contribution in [0.5, 0.6) is 5.88 Å². The van der Waals surface area contributed by atoms with E-state index in [0.29, 0.717) is 11.9 Å². The van der Waals surface area contributed by atoms with Crippen LogP contribution in [0, 0.1) is 3.57 Å². The maximum absolute atomic E-state index is 5.64. The molecule has 0 aromatic carbocycles. The molecule has 0 bridgehead atoms. The van der Waals surface area contributed by atoms with Gasteiger partial charge in [0, 0.05) is 18.7 Å². The molecule has 2 atom stereocenters. The van der Waals surface area contributed by atoms with E-state index in [-0.39, 0.29) is 6.23 Å². The average Bonchev–Trinajstić information content (AvgIpc) is 2.56. The molecule has 0 radical (unpaired) electrons. The number of hydrogen-bond acceptors (Lipinski definition) is 5. The van der Waals surface area contributed by atoms with Crippen molar-refractivity contribution in [2.24, 2.45) is 0 Å². The highest BCUT2D eigenvalue weighted by Crippen LogP contribution is 2.18. The van der Waals surface area contributed by atoms with Gasteiger partial charge in [0.2, 0.25) is 5.88 Å². The van der Waals surface area contributed by atoms with E-state index in [0.717, 1.165) is 9.99 Å². The molecule has 5 nitrogen and oxygen atoms in total. The molecule has 1 aliphatic rings. The van der Waals surface area contributed by atoms with Gasteiger partial charge in [0.15, 0.2) is 6.23 Å². The second-order valence-electron chi connectivity index (χ2n) is 3.21. The van der Waals surface area contributed by atoms with E-state index in [1.54, 1.807) is 6.20 Å². The van der Waals surface area contributed by atoms with Crippen LogP contribution in [0.2, 0.25) is 0 Å². The lowest BCUT2D eigenvalue weighted by Crippen LogP contribution is -2.35. The van der Waals surface area contributed by atoms with Crippen LogP contribution in [-0.2, 0) is 0 Å². The van der Waals surface area contributed by atoms with Gasteiger partial charge >= 0.3 is 0 Å². The molecule has 1 fully saturated rings. The van der Waals surface area contributed by atoms with Crippen LogP contribution >= 0.6 is 22.6 Å². The Balaban J connectivity index is 2.01. The number of hydrogen-bond donors (Lipinski definition) is 2. The van der Waals surface area contributed by atoms with Gasteiger partial charge < -0.3 is 4.74 Å². The van der Waals surface area contributed by atoms with E-state index in [9.17, 15) is 0 Å². The van der Waals surface area contributed by atoms with Gasteiger partial charge in [-0.2, -0.15) is 0 Å². The number of nitrogens with zero attached hydrogens (tertiary/aromatic N) is 2. The zero-order valence-corrected chi connectivity index (χ0v) is 9.85. The number of rotatable bonds is 2. The lowest BCUT2D eigenvalue weighted by molar-refractivity contribution is 0.170. The van der Waals surface area contributed by atoms with Gasteiger partial charge in [-0.05, 0) is 29.5 Å². The lowest BCUT2D eigenvalue weighted by Gasteiger charge is -2.12. The van der Waals surface area contributed by atoms with Gasteiger partial charge in [-0.15, -0.1) is 0 Å². The SMILES string of the molecule is CC1CC(Oc2ncncc2I)NN1. The zero-order chi connectivity index (χ0) is 9.97. The lowest BCUT2D eigenvalue weighted by atomic mass is 10.2. The summed E-state index contributed by atoms with van der Waals surface area (Å²) in [5, 5.41) is 0. The first-order valence-corrected chi connectivity index (χ1v) is 5.47. The molecule has 6 heteroatoms. The Hall–Kier alpha value is -0.470. The Kier molecular flexibility index (Phi) is 3.14. The van der Waals surface area contributed by atoms with Crippen LogP contribution in [0.3, 0.4) is 0 Å². The summed E-state index contributed by atoms with van der Waals surface area (Å²) in [6, 6.07) is 0.430. The third-order valence-corrected chi connectivity index (χ3v) is 2.69. The summed E-state index contributed by atoms with van der Waals surface area (Å²) in [6.07, 6.45) is 4.14. The first-order valence-electron chi connectivity index (χ1n) is 4.39. The van der Waals surface area contributed by atoms with E-state index < -0.39 is 0 Å². The van der Waals surface area contributed by atoms with E-state index >= 15 is 0 Å². The first-order chi connectivity index (χ1) is 6.75. The topological polar surface area (TPSA) is 59.1 Å². The van der Waals surface area contributed by atoms with Gasteiger partial charge in [-0.1, -0.05) is 0 Å². The van der Waals surface area contributed by atoms with Gasteiger partial charge in [0.1, 0.15) is 6.33 Å². The predicted octanol–water partition coefficient (Wildman–Crippen LogP) is 0.672. The molecule has 76 valence electrons. The van der Waals surface area contributed by atoms with Crippen molar-refractivity contribution >= 4 is 22.6 Å². The van der Waals surface area contributed by atoms with Gasteiger partial charge in [0.25, 0.3) is 0 Å². The summed E-state index contributed by atoms with van der Waals surface area (Å²) in [7, 11) is 0. The first kappa shape index (κ1) is 10.1. The molecule has 0 spiro atoms. The van der Waals surface area contributed by atoms with Gasteiger partial charge in [-0.3, -0.25) is 5.43 Å². The fraction of sp³-hybridized carbons (Fsp3) is 0.500. The highest BCUT2D eigenvalue weighted by Gasteiger charge is 2.22. The van der Waals surface area contributed by atoms with E-state index in [1.165, 1.54) is 6.33 Å². The Morgan fingerprint density at radius 3 is 3.07 bits per heavy atom. The molecule has 1 saturated heterocycles. The third kappa shape index (κ3) is 2.31. The summed E-state index contributed by atoms with van der Waals surface area (Å²) in [4.78, 5) is 7.96. The smallest absolute Gasteiger partial charge is 0.231 e. The van der Waals surface area contributed by atoms with Crippen LogP contribution in [0.25, 0.3) is 0 Å². The summed E-state index contributed by atoms with van der Waals surface area (Å²) in [5.74, 6) is 0.633. The predicted molar refractivity (Wildman–Crippen MR) is 59.5 cm³/mol. The van der Waals surface area contributed by atoms with Crippen LogP contribution in [0.1, 0.15) is 13.3 Å². The summed E-state index contributed by atoms with van der Waals surface area (Å²) >= 11 is 2.15. The van der Waals surface area contributed by atoms with Crippen molar-refractivity contribution in [1.82, 2.24) is 20.8 Å². The minimum atomic E-state index is -0.00610. The highest BCUT2D eigenvalue weighted by atomic mass is 127. The Bertz CT molecular complexity index is 322. The van der Waals surface area contributed by atoms with Crippen LogP contribution in [0.15, 0.2) is 12.5 Å². The third-order valence-electron chi connectivity index (χ3n) is 1.95. The molecule has 14 heavy (non-hydrogen) atoms. The Morgan fingerprint density at radius 1 is 1.57 bits per heavy atom. The molecular formula is C8H11IN4O. The van der Waals surface area contributed by atoms with Crippen molar-refractivity contribution in [3.05, 3.63) is 16.1 Å². The summed E-state index contributed by atoms with van der Waals surface area (Å²) < 4.78 is 6.57. The fourth-order valence-electron chi connectivity index (χ4n) is 1.27. The fourth-order valence-corrected chi connectivity index (χ4v) is 1.70. The average molecular weight is 306 g/mol. The number of aromatic nitrogens is 2. The molecule has 0 saturated carbocycles. The molecule has 0 amide bonds. The van der Waals surface area contributed by atoms with Gasteiger partial charge in [0.05, 0.1) is 3.57 Å². The standard InChI is InChI=1S/C8H11IN4O/c1-5-2-7(13-12-5)14-8-6(9)3-10-4-11-8/h3-5,7,12-13H,2H2,1H3. The molecule has 2 heterocycles. The van der Waals surface area contributed by atoms with Crippen LogP contribution in [0.4, 0.5) is 0 Å². The van der Waals surface area contributed by atoms with E-state index in [2.05, 4.69) is 50.3 Å². The van der Waals surface area contributed by atoms with Crippen LogP contribution < -0.4 is 15.6 Å². The van der Waals surface area contributed by atoms with Crippen molar-refractivity contribution in [3.8, 4) is 5.88 Å². The van der Waals surface area contributed by atoms with Crippen molar-refractivity contribution in [2.75, 3.05) is 0 Å². The number of ether oxygens (including phenoxy) is 1.